The molecule has 0 bridgehead atoms. The van der Waals surface area contributed by atoms with Crippen LogP contribution in [0.25, 0.3) is 22.0 Å². The van der Waals surface area contributed by atoms with E-state index < -0.39 is 29.7 Å². The van der Waals surface area contributed by atoms with Gasteiger partial charge in [0, 0.05) is 29.2 Å². The van der Waals surface area contributed by atoms with Gasteiger partial charge in [0.05, 0.1) is 17.7 Å². The second-order valence-electron chi connectivity index (χ2n) is 7.67. The monoisotopic (exact) mass is 442 g/mol. The molecule has 3 nitrogen and oxygen atoms in total. The van der Waals surface area contributed by atoms with Gasteiger partial charge in [0.15, 0.2) is 0 Å². The minimum atomic E-state index is -4.46. The number of alkyl halides is 3. The number of aliphatic hydroxyl groups is 1. The highest BCUT2D eigenvalue weighted by Gasteiger charge is 2.31. The van der Waals surface area contributed by atoms with Crippen LogP contribution in [0.3, 0.4) is 0 Å². The highest BCUT2D eigenvalue weighted by molar-refractivity contribution is 5.96. The maximum atomic E-state index is 14.0. The molecule has 1 heterocycles. The third-order valence-corrected chi connectivity index (χ3v) is 5.51. The van der Waals surface area contributed by atoms with Gasteiger partial charge in [-0.1, -0.05) is 42.5 Å². The van der Waals surface area contributed by atoms with E-state index in [1.165, 1.54) is 18.2 Å². The normalized spacial score (nSPS) is 13.9. The molecule has 3 aromatic carbocycles. The lowest BCUT2D eigenvalue weighted by Gasteiger charge is -2.26. The Hall–Kier alpha value is -3.16. The summed E-state index contributed by atoms with van der Waals surface area (Å²) in [6, 6.07) is 17.8. The average Bonchev–Trinajstić information content (AvgIpc) is 3.13. The van der Waals surface area contributed by atoms with Crippen LogP contribution < -0.4 is 5.32 Å². The summed E-state index contributed by atoms with van der Waals surface area (Å²) < 4.78 is 55.7. The number of rotatable bonds is 6. The van der Waals surface area contributed by atoms with Crippen LogP contribution in [-0.4, -0.2) is 29.4 Å². The second kappa shape index (κ2) is 8.76. The van der Waals surface area contributed by atoms with Gasteiger partial charge in [-0.2, -0.15) is 13.2 Å². The fourth-order valence-corrected chi connectivity index (χ4v) is 4.11. The number of nitrogens with zero attached hydrogens (tertiary/aromatic N) is 1. The Balaban J connectivity index is 1.93. The standard InChI is InChI=1S/C25H22F4N2O/c1-30-14-23(32)24(17-7-5-9-19(26)13-17)31-15-21(20-10-2-3-11-22(20)31)16-6-4-8-18(12-16)25(27,28)29/h2-13,15,23-24,30,32H,14H2,1H3/t23-,24+/m1/s1. The topological polar surface area (TPSA) is 37.2 Å². The first-order valence-electron chi connectivity index (χ1n) is 10.1. The zero-order valence-corrected chi connectivity index (χ0v) is 17.3. The van der Waals surface area contributed by atoms with E-state index in [1.807, 2.05) is 28.8 Å². The minimum absolute atomic E-state index is 0.243. The fraction of sp³-hybridized carbons (Fsp3) is 0.200. The lowest BCUT2D eigenvalue weighted by Crippen LogP contribution is -2.33. The summed E-state index contributed by atoms with van der Waals surface area (Å²) in [5.74, 6) is -0.432. The lowest BCUT2D eigenvalue weighted by molar-refractivity contribution is -0.137. The Kier molecular flexibility index (Phi) is 6.04. The first kappa shape index (κ1) is 22.0. The molecule has 0 radical (unpaired) electrons. The Labute approximate surface area is 182 Å². The largest absolute Gasteiger partial charge is 0.416 e. The molecule has 32 heavy (non-hydrogen) atoms. The lowest BCUT2D eigenvalue weighted by atomic mass is 10.0. The van der Waals surface area contributed by atoms with Crippen molar-refractivity contribution in [1.82, 2.24) is 9.88 Å². The average molecular weight is 442 g/mol. The number of aromatic nitrogens is 1. The number of hydrogen-bond acceptors (Lipinski definition) is 2. The molecule has 4 rings (SSSR count). The zero-order chi connectivity index (χ0) is 22.9. The fourth-order valence-electron chi connectivity index (χ4n) is 4.11. The van der Waals surface area contributed by atoms with Crippen LogP contribution >= 0.6 is 0 Å². The first-order valence-corrected chi connectivity index (χ1v) is 10.1. The molecular weight excluding hydrogens is 420 g/mol. The predicted octanol–water partition coefficient (Wildman–Crippen LogP) is 5.64. The summed E-state index contributed by atoms with van der Waals surface area (Å²) in [6.45, 7) is 0.243. The third-order valence-electron chi connectivity index (χ3n) is 5.51. The van der Waals surface area contributed by atoms with Gasteiger partial charge in [-0.25, -0.2) is 4.39 Å². The Bertz CT molecular complexity index is 1230. The summed E-state index contributed by atoms with van der Waals surface area (Å²) in [6.07, 6.45) is -3.64. The number of benzene rings is 3. The molecule has 166 valence electrons. The summed E-state index contributed by atoms with van der Waals surface area (Å²) in [5.41, 5.74) is 1.57. The van der Waals surface area contributed by atoms with Crippen LogP contribution in [0.4, 0.5) is 17.6 Å². The molecule has 0 saturated carbocycles. The molecule has 0 aliphatic rings. The molecule has 0 aliphatic carbocycles. The first-order chi connectivity index (χ1) is 15.3. The van der Waals surface area contributed by atoms with E-state index in [-0.39, 0.29) is 6.54 Å². The van der Waals surface area contributed by atoms with Gasteiger partial charge in [-0.3, -0.25) is 0 Å². The van der Waals surface area contributed by atoms with Gasteiger partial charge in [-0.15, -0.1) is 0 Å². The van der Waals surface area contributed by atoms with Gasteiger partial charge in [0.1, 0.15) is 5.82 Å². The van der Waals surface area contributed by atoms with E-state index in [9.17, 15) is 22.7 Å². The van der Waals surface area contributed by atoms with Crippen molar-refractivity contribution in [2.24, 2.45) is 0 Å². The van der Waals surface area contributed by atoms with Crippen molar-refractivity contribution >= 4 is 10.9 Å². The van der Waals surface area contributed by atoms with Crippen molar-refractivity contribution in [2.75, 3.05) is 13.6 Å². The number of fused-ring (bicyclic) bond motifs is 1. The molecule has 0 spiro atoms. The maximum Gasteiger partial charge on any atom is 0.416 e. The Morgan fingerprint density at radius 1 is 0.969 bits per heavy atom. The molecule has 1 aromatic heterocycles. The maximum absolute atomic E-state index is 14.0. The molecule has 0 amide bonds. The van der Waals surface area contributed by atoms with Gasteiger partial charge < -0.3 is 15.0 Å². The number of nitrogens with one attached hydrogen (secondary N) is 1. The summed E-state index contributed by atoms with van der Waals surface area (Å²) in [5, 5.41) is 14.6. The van der Waals surface area contributed by atoms with E-state index in [4.69, 9.17) is 0 Å². The quantitative estimate of drug-likeness (QED) is 0.380. The minimum Gasteiger partial charge on any atom is -0.389 e. The number of aliphatic hydroxyl groups excluding tert-OH is 1. The van der Waals surface area contributed by atoms with Crippen molar-refractivity contribution in [3.05, 3.63) is 95.9 Å². The SMILES string of the molecule is CNC[C@@H](O)[C@H](c1cccc(F)c1)n1cc(-c2cccc(C(F)(F)F)c2)c2ccccc21. The van der Waals surface area contributed by atoms with Gasteiger partial charge in [-0.05, 0) is 48.5 Å². The summed E-state index contributed by atoms with van der Waals surface area (Å²) in [4.78, 5) is 0. The van der Waals surface area contributed by atoms with Gasteiger partial charge in [0.25, 0.3) is 0 Å². The van der Waals surface area contributed by atoms with Crippen molar-refractivity contribution < 1.29 is 22.7 Å². The van der Waals surface area contributed by atoms with Crippen molar-refractivity contribution in [3.63, 3.8) is 0 Å². The molecule has 0 unspecified atom stereocenters. The van der Waals surface area contributed by atoms with Gasteiger partial charge >= 0.3 is 6.18 Å². The van der Waals surface area contributed by atoms with E-state index in [1.54, 1.807) is 31.4 Å². The molecule has 0 fully saturated rings. The van der Waals surface area contributed by atoms with Crippen LogP contribution in [0.1, 0.15) is 17.2 Å². The molecule has 0 aliphatic heterocycles. The predicted molar refractivity (Wildman–Crippen MR) is 117 cm³/mol. The molecule has 0 saturated heterocycles. The number of likely N-dealkylation sites (N-methyl/N-ethyl adjacent to an activating group) is 1. The summed E-state index contributed by atoms with van der Waals surface area (Å²) in [7, 11) is 1.70. The van der Waals surface area contributed by atoms with Crippen LogP contribution in [0.15, 0.2) is 79.0 Å². The van der Waals surface area contributed by atoms with E-state index in [2.05, 4.69) is 5.32 Å². The smallest absolute Gasteiger partial charge is 0.389 e. The number of para-hydroxylation sites is 1. The van der Waals surface area contributed by atoms with E-state index >= 15 is 0 Å². The van der Waals surface area contributed by atoms with Crippen molar-refractivity contribution in [2.45, 2.75) is 18.3 Å². The van der Waals surface area contributed by atoms with Crippen LogP contribution in [0.5, 0.6) is 0 Å². The van der Waals surface area contributed by atoms with Crippen LogP contribution in [0.2, 0.25) is 0 Å². The molecule has 7 heteroatoms. The molecular formula is C25H22F4N2O. The highest BCUT2D eigenvalue weighted by atomic mass is 19.4. The Morgan fingerprint density at radius 2 is 1.72 bits per heavy atom. The van der Waals surface area contributed by atoms with Gasteiger partial charge in [0.2, 0.25) is 0 Å². The number of hydrogen-bond donors (Lipinski definition) is 2. The number of halogens is 4. The third kappa shape index (κ3) is 4.26. The zero-order valence-electron chi connectivity index (χ0n) is 17.3. The molecule has 2 N–H and O–H groups in total. The van der Waals surface area contributed by atoms with Crippen molar-refractivity contribution in [3.8, 4) is 11.1 Å². The summed E-state index contributed by atoms with van der Waals surface area (Å²) >= 11 is 0. The molecule has 2 atom stereocenters. The van der Waals surface area contributed by atoms with E-state index in [0.717, 1.165) is 23.0 Å². The molecule has 4 aromatic rings. The second-order valence-corrected chi connectivity index (χ2v) is 7.67. The van der Waals surface area contributed by atoms with Crippen molar-refractivity contribution in [1.29, 1.82) is 0 Å². The van der Waals surface area contributed by atoms with Crippen LogP contribution in [0, 0.1) is 5.82 Å². The Morgan fingerprint density at radius 3 is 2.44 bits per heavy atom. The highest BCUT2D eigenvalue weighted by Crippen LogP contribution is 2.38. The van der Waals surface area contributed by atoms with Crippen LogP contribution in [-0.2, 0) is 6.18 Å². The van der Waals surface area contributed by atoms with E-state index in [0.29, 0.717) is 16.7 Å².